The summed E-state index contributed by atoms with van der Waals surface area (Å²) < 4.78 is 7.20. The van der Waals surface area contributed by atoms with Crippen molar-refractivity contribution in [2.75, 3.05) is 12.9 Å². The van der Waals surface area contributed by atoms with Gasteiger partial charge in [-0.1, -0.05) is 75.0 Å². The van der Waals surface area contributed by atoms with E-state index in [9.17, 15) is 14.7 Å². The largest absolute Gasteiger partial charge is 0.497 e. The van der Waals surface area contributed by atoms with Crippen molar-refractivity contribution >= 4 is 29.9 Å². The molecule has 0 aliphatic carbocycles. The number of carboxylic acid groups (broad SMARTS) is 1. The molecule has 0 fully saturated rings. The molecule has 0 bridgehead atoms. The zero-order valence-corrected chi connectivity index (χ0v) is 22.9. The summed E-state index contributed by atoms with van der Waals surface area (Å²) in [5, 5.41) is 22.6. The third kappa shape index (κ3) is 6.71. The number of nitrogens with zero attached hydrogens (tertiary/aromatic N) is 4. The van der Waals surface area contributed by atoms with E-state index in [4.69, 9.17) is 4.74 Å². The lowest BCUT2D eigenvalue weighted by atomic mass is 9.87. The van der Waals surface area contributed by atoms with E-state index < -0.39 is 5.97 Å². The number of nitrogens with one attached hydrogen (secondary N) is 1. The summed E-state index contributed by atoms with van der Waals surface area (Å²) in [6.45, 7) is 6.49. The Labute approximate surface area is 230 Å². The summed E-state index contributed by atoms with van der Waals surface area (Å²) in [5.41, 5.74) is 5.87. The second-order valence-corrected chi connectivity index (χ2v) is 10.6. The van der Waals surface area contributed by atoms with Gasteiger partial charge < -0.3 is 9.84 Å². The number of carbonyl (C=O) groups is 2. The molecule has 2 N–H and O–H groups in total. The van der Waals surface area contributed by atoms with Crippen molar-refractivity contribution in [2.24, 2.45) is 5.10 Å². The van der Waals surface area contributed by atoms with E-state index in [2.05, 4.69) is 53.6 Å². The number of hydrogen-bond acceptors (Lipinski definition) is 7. The molecule has 4 aromatic rings. The SMILES string of the molecule is COc1ccc(-n2c(SCC(=O)N/N=C/c3ccccc3C(=O)O)nnc2-c2ccc(C(C)(C)C)cc2)cc1. The van der Waals surface area contributed by atoms with Crippen molar-refractivity contribution in [1.29, 1.82) is 0 Å². The van der Waals surface area contributed by atoms with Gasteiger partial charge in [0.05, 0.1) is 24.6 Å². The van der Waals surface area contributed by atoms with Gasteiger partial charge in [-0.05, 0) is 41.3 Å². The molecule has 1 heterocycles. The van der Waals surface area contributed by atoms with Crippen molar-refractivity contribution in [3.05, 3.63) is 89.5 Å². The molecule has 3 aromatic carbocycles. The molecule has 1 amide bonds. The second kappa shape index (κ2) is 12.0. The van der Waals surface area contributed by atoms with Gasteiger partial charge in [0, 0.05) is 16.8 Å². The number of hydrazone groups is 1. The molecule has 0 aliphatic heterocycles. The number of methoxy groups -OCH3 is 1. The molecule has 0 unspecified atom stereocenters. The van der Waals surface area contributed by atoms with Gasteiger partial charge in [0.15, 0.2) is 11.0 Å². The number of thioether (sulfide) groups is 1. The molecular formula is C29H29N5O4S. The van der Waals surface area contributed by atoms with Crippen LogP contribution in [0.25, 0.3) is 17.1 Å². The first kappa shape index (κ1) is 27.6. The van der Waals surface area contributed by atoms with E-state index in [1.54, 1.807) is 25.3 Å². The molecule has 10 heteroatoms. The van der Waals surface area contributed by atoms with Crippen LogP contribution in [0.1, 0.15) is 42.3 Å². The summed E-state index contributed by atoms with van der Waals surface area (Å²) in [6, 6.07) is 22.2. The Morgan fingerprint density at radius 3 is 2.36 bits per heavy atom. The number of carboxylic acids is 1. The van der Waals surface area contributed by atoms with Crippen molar-refractivity contribution < 1.29 is 19.4 Å². The maximum absolute atomic E-state index is 12.5. The second-order valence-electron chi connectivity index (χ2n) is 9.64. The number of aromatic carboxylic acids is 1. The Kier molecular flexibility index (Phi) is 8.46. The molecule has 0 spiro atoms. The predicted molar refractivity (Wildman–Crippen MR) is 152 cm³/mol. The van der Waals surface area contributed by atoms with Crippen LogP contribution in [0.3, 0.4) is 0 Å². The third-order valence-electron chi connectivity index (χ3n) is 5.89. The fourth-order valence-electron chi connectivity index (χ4n) is 3.77. The van der Waals surface area contributed by atoms with Crippen molar-refractivity contribution in [2.45, 2.75) is 31.3 Å². The fraction of sp³-hybridized carbons (Fsp3) is 0.207. The summed E-state index contributed by atoms with van der Waals surface area (Å²) in [4.78, 5) is 23.9. The molecule has 0 radical (unpaired) electrons. The Bertz CT molecular complexity index is 1490. The van der Waals surface area contributed by atoms with Crippen LogP contribution in [0, 0.1) is 0 Å². The minimum Gasteiger partial charge on any atom is -0.497 e. The van der Waals surface area contributed by atoms with Crippen LogP contribution >= 0.6 is 11.8 Å². The Hall–Kier alpha value is -4.44. The first-order chi connectivity index (χ1) is 18.7. The number of amides is 1. The molecule has 0 saturated heterocycles. The number of ether oxygens (including phenoxy) is 1. The maximum Gasteiger partial charge on any atom is 0.336 e. The van der Waals surface area contributed by atoms with Gasteiger partial charge in [0.25, 0.3) is 5.91 Å². The third-order valence-corrected chi connectivity index (χ3v) is 6.82. The van der Waals surface area contributed by atoms with E-state index >= 15 is 0 Å². The molecule has 1 aromatic heterocycles. The number of hydrogen-bond donors (Lipinski definition) is 2. The zero-order chi connectivity index (χ0) is 28.0. The van der Waals surface area contributed by atoms with E-state index in [0.717, 1.165) is 17.0 Å². The summed E-state index contributed by atoms with van der Waals surface area (Å²) >= 11 is 1.22. The van der Waals surface area contributed by atoms with Gasteiger partial charge in [0.1, 0.15) is 5.75 Å². The highest BCUT2D eigenvalue weighted by Crippen LogP contribution is 2.30. The van der Waals surface area contributed by atoms with E-state index in [1.165, 1.54) is 29.6 Å². The lowest BCUT2D eigenvalue weighted by molar-refractivity contribution is -0.118. The highest BCUT2D eigenvalue weighted by Gasteiger charge is 2.19. The summed E-state index contributed by atoms with van der Waals surface area (Å²) in [5.74, 6) is -0.0504. The quantitative estimate of drug-likeness (QED) is 0.170. The minimum atomic E-state index is -1.07. The van der Waals surface area contributed by atoms with E-state index in [1.807, 2.05) is 41.0 Å². The summed E-state index contributed by atoms with van der Waals surface area (Å²) in [6.07, 6.45) is 1.31. The average Bonchev–Trinajstić information content (AvgIpc) is 3.35. The molecule has 9 nitrogen and oxygen atoms in total. The van der Waals surface area contributed by atoms with E-state index in [-0.39, 0.29) is 22.6 Å². The van der Waals surface area contributed by atoms with Crippen LogP contribution in [0.4, 0.5) is 0 Å². The normalized spacial score (nSPS) is 11.5. The molecule has 4 rings (SSSR count). The van der Waals surface area contributed by atoms with Crippen LogP contribution in [-0.2, 0) is 10.2 Å². The zero-order valence-electron chi connectivity index (χ0n) is 22.1. The van der Waals surface area contributed by atoms with Gasteiger partial charge in [-0.2, -0.15) is 5.10 Å². The molecule has 0 aliphatic rings. The number of benzene rings is 3. The predicted octanol–water partition coefficient (Wildman–Crippen LogP) is 5.18. The van der Waals surface area contributed by atoms with Crippen LogP contribution in [0.5, 0.6) is 5.75 Å². The minimum absolute atomic E-state index is 0.0226. The van der Waals surface area contributed by atoms with Crippen molar-refractivity contribution in [3.63, 3.8) is 0 Å². The van der Waals surface area contributed by atoms with Crippen LogP contribution in [-0.4, -0.2) is 50.8 Å². The van der Waals surface area contributed by atoms with Crippen molar-refractivity contribution in [1.82, 2.24) is 20.2 Å². The Morgan fingerprint density at radius 2 is 1.72 bits per heavy atom. The van der Waals surface area contributed by atoms with Gasteiger partial charge in [0.2, 0.25) is 0 Å². The number of rotatable bonds is 9. The van der Waals surface area contributed by atoms with Crippen LogP contribution in [0.2, 0.25) is 0 Å². The summed E-state index contributed by atoms with van der Waals surface area (Å²) in [7, 11) is 1.61. The first-order valence-corrected chi connectivity index (χ1v) is 13.1. The van der Waals surface area contributed by atoms with Gasteiger partial charge >= 0.3 is 5.97 Å². The molecule has 0 atom stereocenters. The Balaban J connectivity index is 1.55. The van der Waals surface area contributed by atoms with Gasteiger partial charge in [-0.3, -0.25) is 9.36 Å². The monoisotopic (exact) mass is 543 g/mol. The lowest BCUT2D eigenvalue weighted by Gasteiger charge is -2.19. The molecular weight excluding hydrogens is 514 g/mol. The van der Waals surface area contributed by atoms with E-state index in [0.29, 0.717) is 16.5 Å². The maximum atomic E-state index is 12.5. The first-order valence-electron chi connectivity index (χ1n) is 12.1. The fourth-order valence-corrected chi connectivity index (χ4v) is 4.52. The molecule has 200 valence electrons. The Morgan fingerprint density at radius 1 is 1.03 bits per heavy atom. The number of carbonyl (C=O) groups excluding carboxylic acids is 1. The highest BCUT2D eigenvalue weighted by molar-refractivity contribution is 7.99. The molecule has 39 heavy (non-hydrogen) atoms. The van der Waals surface area contributed by atoms with Crippen molar-refractivity contribution in [3.8, 4) is 22.8 Å². The van der Waals surface area contributed by atoms with Gasteiger partial charge in [-0.25, -0.2) is 10.2 Å². The van der Waals surface area contributed by atoms with Crippen LogP contribution in [0.15, 0.2) is 83.1 Å². The van der Waals surface area contributed by atoms with Gasteiger partial charge in [-0.15, -0.1) is 10.2 Å². The highest BCUT2D eigenvalue weighted by atomic mass is 32.2. The standard InChI is InChI=1S/C29H29N5O4S/c1-29(2,3)21-11-9-19(10-12-21)26-32-33-28(34(26)22-13-15-23(38-4)16-14-22)39-18-25(35)31-30-17-20-7-5-6-8-24(20)27(36)37/h5-17H,18H2,1-4H3,(H,31,35)(H,36,37)/b30-17+. The smallest absolute Gasteiger partial charge is 0.336 e. The lowest BCUT2D eigenvalue weighted by Crippen LogP contribution is -2.20. The molecule has 0 saturated carbocycles. The number of aromatic nitrogens is 3. The van der Waals surface area contributed by atoms with Crippen LogP contribution < -0.4 is 10.2 Å². The topological polar surface area (TPSA) is 119 Å². The average molecular weight is 544 g/mol.